The lowest BCUT2D eigenvalue weighted by atomic mass is 9.83. The van der Waals surface area contributed by atoms with E-state index >= 15 is 0 Å². The molecule has 2 atom stereocenters. The molecule has 3 aliphatic heterocycles. The van der Waals surface area contributed by atoms with Crippen molar-refractivity contribution in [1.29, 1.82) is 0 Å². The lowest BCUT2D eigenvalue weighted by molar-refractivity contribution is -0.137. The van der Waals surface area contributed by atoms with E-state index in [1.54, 1.807) is 30.3 Å². The van der Waals surface area contributed by atoms with E-state index in [1.165, 1.54) is 22.9 Å². The number of thioether (sulfide) groups is 1. The number of carbonyl (C=O) groups is 2. The summed E-state index contributed by atoms with van der Waals surface area (Å²) in [6.07, 6.45) is 4.15. The van der Waals surface area contributed by atoms with Gasteiger partial charge in [-0.05, 0) is 30.5 Å². The molecule has 5 heterocycles. The Balaban J connectivity index is 1.30. The zero-order chi connectivity index (χ0) is 20.8. The van der Waals surface area contributed by atoms with E-state index in [0.717, 1.165) is 12.1 Å². The van der Waals surface area contributed by atoms with Crippen LogP contribution in [0.4, 0.5) is 0 Å². The maximum atomic E-state index is 13.0. The van der Waals surface area contributed by atoms with Crippen molar-refractivity contribution in [3.8, 4) is 0 Å². The van der Waals surface area contributed by atoms with E-state index in [4.69, 9.17) is 16.6 Å². The smallest absolute Gasteiger partial charge is 0.266 e. The summed E-state index contributed by atoms with van der Waals surface area (Å²) in [5.74, 6) is 0.557. The molecular weight excluding hydrogens is 422 g/mol. The van der Waals surface area contributed by atoms with Gasteiger partial charge in [0.2, 0.25) is 5.91 Å². The van der Waals surface area contributed by atoms with Crippen molar-refractivity contribution in [3.63, 3.8) is 0 Å². The standard InChI is InChI=1S/C21H19N3O4S2/c25-18-5-1-4-16-14-7-13(10-23(16)18)9-22(11-14)19(26)12-24-20(27)17(30-21(24)29)8-15-3-2-6-28-15/h1-6,8,13-14H,7,9-12H2. The summed E-state index contributed by atoms with van der Waals surface area (Å²) in [6.45, 7) is 1.70. The van der Waals surface area contributed by atoms with E-state index in [0.29, 0.717) is 34.6 Å². The lowest BCUT2D eigenvalue weighted by Gasteiger charge is -2.43. The fourth-order valence-corrected chi connectivity index (χ4v) is 5.71. The van der Waals surface area contributed by atoms with Crippen molar-refractivity contribution in [2.45, 2.75) is 18.9 Å². The van der Waals surface area contributed by atoms with Crippen LogP contribution in [0, 0.1) is 5.92 Å². The molecule has 2 unspecified atom stereocenters. The molecule has 0 aromatic carbocycles. The van der Waals surface area contributed by atoms with Crippen molar-refractivity contribution in [3.05, 3.63) is 63.3 Å². The van der Waals surface area contributed by atoms with Gasteiger partial charge in [-0.1, -0.05) is 30.0 Å². The fraction of sp³-hybridized carbons (Fsp3) is 0.333. The molecule has 3 aliphatic rings. The summed E-state index contributed by atoms with van der Waals surface area (Å²) in [7, 11) is 0. The Morgan fingerprint density at radius 1 is 1.20 bits per heavy atom. The first kappa shape index (κ1) is 19.3. The molecule has 2 bridgehead atoms. The van der Waals surface area contributed by atoms with Gasteiger partial charge in [-0.25, -0.2) is 0 Å². The van der Waals surface area contributed by atoms with Crippen molar-refractivity contribution < 1.29 is 14.0 Å². The van der Waals surface area contributed by atoms with Crippen molar-refractivity contribution in [1.82, 2.24) is 14.4 Å². The first-order valence-corrected chi connectivity index (χ1v) is 11.0. The van der Waals surface area contributed by atoms with Crippen LogP contribution in [0.5, 0.6) is 0 Å². The minimum atomic E-state index is -0.274. The van der Waals surface area contributed by atoms with E-state index in [9.17, 15) is 14.4 Å². The summed E-state index contributed by atoms with van der Waals surface area (Å²) in [5, 5.41) is 0. The second kappa shape index (κ2) is 7.55. The number of likely N-dealkylation sites (tertiary alicyclic amines) is 1. The van der Waals surface area contributed by atoms with Gasteiger partial charge >= 0.3 is 0 Å². The summed E-state index contributed by atoms with van der Waals surface area (Å²) in [6, 6.07) is 8.83. The third-order valence-electron chi connectivity index (χ3n) is 5.82. The summed E-state index contributed by atoms with van der Waals surface area (Å²) in [5.41, 5.74) is 1.01. The molecule has 154 valence electrons. The number of nitrogens with zero attached hydrogens (tertiary/aromatic N) is 3. The molecule has 9 heteroatoms. The fourth-order valence-electron chi connectivity index (χ4n) is 4.47. The van der Waals surface area contributed by atoms with Gasteiger partial charge in [0.25, 0.3) is 11.5 Å². The molecule has 2 aromatic rings. The molecular formula is C21H19N3O4S2. The Bertz CT molecular complexity index is 1120. The van der Waals surface area contributed by atoms with E-state index in [2.05, 4.69) is 0 Å². The van der Waals surface area contributed by atoms with Gasteiger partial charge in [0.15, 0.2) is 0 Å². The largest absolute Gasteiger partial charge is 0.465 e. The summed E-state index contributed by atoms with van der Waals surface area (Å²) >= 11 is 6.52. The van der Waals surface area contributed by atoms with Gasteiger partial charge in [-0.2, -0.15) is 0 Å². The van der Waals surface area contributed by atoms with Crippen LogP contribution in [0.15, 0.2) is 50.7 Å². The average Bonchev–Trinajstić information content (AvgIpc) is 3.33. The summed E-state index contributed by atoms with van der Waals surface area (Å²) < 4.78 is 7.48. The maximum absolute atomic E-state index is 13.0. The van der Waals surface area contributed by atoms with Gasteiger partial charge < -0.3 is 13.9 Å². The Morgan fingerprint density at radius 2 is 2.07 bits per heavy atom. The molecule has 5 rings (SSSR count). The quantitative estimate of drug-likeness (QED) is 0.537. The van der Waals surface area contributed by atoms with Crippen LogP contribution in [0.1, 0.15) is 23.8 Å². The number of thiocarbonyl (C=S) groups is 1. The number of hydrogen-bond donors (Lipinski definition) is 0. The highest BCUT2D eigenvalue weighted by Gasteiger charge is 2.39. The summed E-state index contributed by atoms with van der Waals surface area (Å²) in [4.78, 5) is 41.6. The first-order chi connectivity index (χ1) is 14.5. The van der Waals surface area contributed by atoms with E-state index < -0.39 is 0 Å². The molecule has 2 amide bonds. The van der Waals surface area contributed by atoms with Crippen LogP contribution >= 0.6 is 24.0 Å². The van der Waals surface area contributed by atoms with Crippen LogP contribution in [-0.4, -0.2) is 50.1 Å². The van der Waals surface area contributed by atoms with Crippen LogP contribution < -0.4 is 5.56 Å². The molecule has 0 N–H and O–H groups in total. The topological polar surface area (TPSA) is 75.8 Å². The average molecular weight is 442 g/mol. The Hall–Kier alpha value is -2.65. The molecule has 0 aliphatic carbocycles. The highest BCUT2D eigenvalue weighted by Crippen LogP contribution is 2.36. The minimum Gasteiger partial charge on any atom is -0.465 e. The number of hydrogen-bond acceptors (Lipinski definition) is 6. The molecule has 0 spiro atoms. The highest BCUT2D eigenvalue weighted by atomic mass is 32.2. The molecule has 2 aromatic heterocycles. The predicted octanol–water partition coefficient (Wildman–Crippen LogP) is 2.29. The lowest BCUT2D eigenvalue weighted by Crippen LogP contribution is -2.51. The molecule has 0 saturated carbocycles. The minimum absolute atomic E-state index is 0.0166. The molecule has 30 heavy (non-hydrogen) atoms. The number of rotatable bonds is 3. The second-order valence-electron chi connectivity index (χ2n) is 7.78. The van der Waals surface area contributed by atoms with Gasteiger partial charge in [0.1, 0.15) is 16.6 Å². The Morgan fingerprint density at radius 3 is 2.87 bits per heavy atom. The maximum Gasteiger partial charge on any atom is 0.266 e. The van der Waals surface area contributed by atoms with Crippen LogP contribution in [-0.2, 0) is 16.1 Å². The third kappa shape index (κ3) is 3.41. The third-order valence-corrected chi connectivity index (χ3v) is 7.19. The van der Waals surface area contributed by atoms with Gasteiger partial charge in [0, 0.05) is 43.4 Å². The van der Waals surface area contributed by atoms with Crippen LogP contribution in [0.25, 0.3) is 6.08 Å². The number of aromatic nitrogens is 1. The SMILES string of the molecule is O=C(CN1C(=O)C(=Cc2ccco2)SC1=S)N1CC2CC(C1)c1cccc(=O)n1C2. The number of fused-ring (bicyclic) bond motifs is 4. The van der Waals surface area contributed by atoms with Gasteiger partial charge in [0.05, 0.1) is 11.2 Å². The van der Waals surface area contributed by atoms with Gasteiger partial charge in [-0.3, -0.25) is 19.3 Å². The van der Waals surface area contributed by atoms with Crippen LogP contribution in [0.2, 0.25) is 0 Å². The van der Waals surface area contributed by atoms with Crippen molar-refractivity contribution in [2.75, 3.05) is 19.6 Å². The zero-order valence-corrected chi connectivity index (χ0v) is 17.7. The van der Waals surface area contributed by atoms with E-state index in [1.807, 2.05) is 15.5 Å². The molecule has 0 radical (unpaired) electrons. The van der Waals surface area contributed by atoms with Crippen molar-refractivity contribution in [2.24, 2.45) is 5.92 Å². The molecule has 7 nitrogen and oxygen atoms in total. The second-order valence-corrected chi connectivity index (χ2v) is 9.46. The number of carbonyl (C=O) groups excluding carboxylic acids is 2. The zero-order valence-electron chi connectivity index (χ0n) is 16.0. The number of furan rings is 1. The normalized spacial score (nSPS) is 24.5. The predicted molar refractivity (Wildman–Crippen MR) is 117 cm³/mol. The monoisotopic (exact) mass is 441 g/mol. The first-order valence-electron chi connectivity index (χ1n) is 9.76. The Labute approximate surface area is 182 Å². The highest BCUT2D eigenvalue weighted by molar-refractivity contribution is 8.26. The van der Waals surface area contributed by atoms with Crippen molar-refractivity contribution >= 4 is 46.2 Å². The number of pyridine rings is 1. The Kier molecular flexibility index (Phi) is 4.86. The number of amides is 2. The number of piperidine rings is 1. The van der Waals surface area contributed by atoms with E-state index in [-0.39, 0.29) is 35.8 Å². The van der Waals surface area contributed by atoms with Gasteiger partial charge in [-0.15, -0.1) is 0 Å². The van der Waals surface area contributed by atoms with Crippen LogP contribution in [0.3, 0.4) is 0 Å². The molecule has 2 fully saturated rings. The molecule has 2 saturated heterocycles.